The van der Waals surface area contributed by atoms with Gasteiger partial charge in [-0.15, -0.1) is 11.3 Å². The Morgan fingerprint density at radius 1 is 0.976 bits per heavy atom. The number of thiazole rings is 1. The van der Waals surface area contributed by atoms with E-state index in [1.807, 2.05) is 50.2 Å². The molecule has 1 heterocycles. The molecule has 0 fully saturated rings. The molecule has 3 rings (SSSR count). The smallest absolute Gasteiger partial charge is 0.247 e. The molecule has 0 saturated carbocycles. The van der Waals surface area contributed by atoms with Crippen LogP contribution in [-0.4, -0.2) is 65.9 Å². The van der Waals surface area contributed by atoms with Crippen LogP contribution in [0, 0.1) is 0 Å². The maximum Gasteiger partial charge on any atom is 0.247 e. The molecule has 0 radical (unpaired) electrons. The third kappa shape index (κ3) is 9.77. The van der Waals surface area contributed by atoms with Gasteiger partial charge in [-0.3, -0.25) is 19.3 Å². The van der Waals surface area contributed by atoms with Crippen molar-refractivity contribution in [3.05, 3.63) is 76.8 Å². The van der Waals surface area contributed by atoms with Gasteiger partial charge >= 0.3 is 0 Å². The molecule has 226 valence electrons. The van der Waals surface area contributed by atoms with Gasteiger partial charge in [0.25, 0.3) is 0 Å². The zero-order valence-corrected chi connectivity index (χ0v) is 26.4. The van der Waals surface area contributed by atoms with Crippen molar-refractivity contribution in [3.63, 3.8) is 0 Å². The molecule has 2 aromatic carbocycles. The lowest BCUT2D eigenvalue weighted by molar-refractivity contribution is -0.129. The van der Waals surface area contributed by atoms with Gasteiger partial charge in [0.1, 0.15) is 6.04 Å². The van der Waals surface area contributed by atoms with Gasteiger partial charge < -0.3 is 16.0 Å². The lowest BCUT2D eigenvalue weighted by Gasteiger charge is -2.24. The first-order valence-electron chi connectivity index (χ1n) is 14.8. The SMILES string of the molecule is C=C(CN(CC)CC)C(=O)NCC(Cc1ccccc1)NC(=O)[C@H](Cc1nc2ccc(C(C)C)cc2s1)NC(=O)CC. The van der Waals surface area contributed by atoms with Crippen LogP contribution in [0.25, 0.3) is 10.2 Å². The number of nitrogens with one attached hydrogen (secondary N) is 3. The molecule has 0 aliphatic carbocycles. The second-order valence-electron chi connectivity index (χ2n) is 10.8. The van der Waals surface area contributed by atoms with Gasteiger partial charge in [-0.05, 0) is 48.7 Å². The van der Waals surface area contributed by atoms with E-state index in [1.165, 1.54) is 5.56 Å². The lowest BCUT2D eigenvalue weighted by atomic mass is 10.0. The van der Waals surface area contributed by atoms with Crippen LogP contribution >= 0.6 is 11.3 Å². The molecule has 0 aliphatic rings. The summed E-state index contributed by atoms with van der Waals surface area (Å²) in [6.07, 6.45) is 1.06. The first-order valence-corrected chi connectivity index (χ1v) is 15.7. The monoisotopic (exact) mass is 591 g/mol. The molecule has 1 unspecified atom stereocenters. The van der Waals surface area contributed by atoms with Gasteiger partial charge in [-0.2, -0.15) is 0 Å². The first-order chi connectivity index (χ1) is 20.1. The average molecular weight is 592 g/mol. The van der Waals surface area contributed by atoms with E-state index in [4.69, 9.17) is 4.98 Å². The molecule has 3 amide bonds. The minimum atomic E-state index is -0.797. The van der Waals surface area contributed by atoms with Crippen LogP contribution in [0.15, 0.2) is 60.7 Å². The molecule has 0 bridgehead atoms. The normalized spacial score (nSPS) is 12.7. The van der Waals surface area contributed by atoms with E-state index in [9.17, 15) is 14.4 Å². The summed E-state index contributed by atoms with van der Waals surface area (Å²) in [4.78, 5) is 45.8. The summed E-state index contributed by atoms with van der Waals surface area (Å²) in [6, 6.07) is 14.9. The Morgan fingerprint density at radius 3 is 2.33 bits per heavy atom. The van der Waals surface area contributed by atoms with Crippen LogP contribution in [0.1, 0.15) is 63.1 Å². The number of benzene rings is 2. The number of fused-ring (bicyclic) bond motifs is 1. The summed E-state index contributed by atoms with van der Waals surface area (Å²) in [5.74, 6) is -0.353. The van der Waals surface area contributed by atoms with E-state index in [1.54, 1.807) is 18.3 Å². The summed E-state index contributed by atoms with van der Waals surface area (Å²) in [5.41, 5.74) is 3.63. The fourth-order valence-corrected chi connectivity index (χ4v) is 5.68. The number of hydrogen-bond donors (Lipinski definition) is 3. The molecule has 0 aliphatic heterocycles. The van der Waals surface area contributed by atoms with E-state index in [0.29, 0.717) is 24.5 Å². The van der Waals surface area contributed by atoms with Crippen molar-refractivity contribution >= 4 is 39.3 Å². The molecule has 3 aromatic rings. The number of amides is 3. The highest BCUT2D eigenvalue weighted by molar-refractivity contribution is 7.18. The fraction of sp³-hybridized carbons (Fsp3) is 0.455. The average Bonchev–Trinajstić information content (AvgIpc) is 3.39. The van der Waals surface area contributed by atoms with Crippen LogP contribution in [-0.2, 0) is 27.2 Å². The quantitative estimate of drug-likeness (QED) is 0.211. The van der Waals surface area contributed by atoms with Gasteiger partial charge in [-0.1, -0.05) is 77.6 Å². The third-order valence-electron chi connectivity index (χ3n) is 7.29. The van der Waals surface area contributed by atoms with Gasteiger partial charge in [0.05, 0.1) is 21.3 Å². The minimum absolute atomic E-state index is 0.209. The largest absolute Gasteiger partial charge is 0.350 e. The van der Waals surface area contributed by atoms with E-state index in [0.717, 1.165) is 33.9 Å². The zero-order valence-electron chi connectivity index (χ0n) is 25.5. The highest BCUT2D eigenvalue weighted by Gasteiger charge is 2.26. The topological polar surface area (TPSA) is 103 Å². The Morgan fingerprint density at radius 2 is 1.69 bits per heavy atom. The predicted octanol–water partition coefficient (Wildman–Crippen LogP) is 4.60. The highest BCUT2D eigenvalue weighted by Crippen LogP contribution is 2.27. The molecule has 3 N–H and O–H groups in total. The van der Waals surface area contributed by atoms with Gasteiger partial charge in [0, 0.05) is 31.5 Å². The Bertz CT molecular complexity index is 1350. The molecule has 1 aromatic heterocycles. The molecular formula is C33H45N5O3S. The van der Waals surface area contributed by atoms with Crippen molar-refractivity contribution in [2.24, 2.45) is 0 Å². The number of likely N-dealkylation sites (N-methyl/N-ethyl adjacent to an activating group) is 1. The molecule has 0 saturated heterocycles. The summed E-state index contributed by atoms with van der Waals surface area (Å²) in [5, 5.41) is 9.72. The van der Waals surface area contributed by atoms with Gasteiger partial charge in [0.15, 0.2) is 0 Å². The van der Waals surface area contributed by atoms with Crippen LogP contribution < -0.4 is 16.0 Å². The second kappa shape index (κ2) is 16.2. The summed E-state index contributed by atoms with van der Waals surface area (Å²) in [7, 11) is 0. The van der Waals surface area contributed by atoms with Crippen LogP contribution in [0.3, 0.4) is 0 Å². The second-order valence-corrected chi connectivity index (χ2v) is 12.0. The van der Waals surface area contributed by atoms with Crippen molar-refractivity contribution in [3.8, 4) is 0 Å². The molecule has 9 heteroatoms. The highest BCUT2D eigenvalue weighted by atomic mass is 32.1. The number of rotatable bonds is 16. The first kappa shape index (κ1) is 32.9. The van der Waals surface area contributed by atoms with Gasteiger partial charge in [0.2, 0.25) is 17.7 Å². The number of carbonyl (C=O) groups excluding carboxylic acids is 3. The Balaban J connectivity index is 1.76. The lowest BCUT2D eigenvalue weighted by Crippen LogP contribution is -2.53. The molecule has 8 nitrogen and oxygen atoms in total. The summed E-state index contributed by atoms with van der Waals surface area (Å²) < 4.78 is 1.06. The fourth-order valence-electron chi connectivity index (χ4n) is 4.62. The van der Waals surface area contributed by atoms with Crippen molar-refractivity contribution in [2.75, 3.05) is 26.2 Å². The molecule has 0 spiro atoms. The number of nitrogens with zero attached hydrogens (tertiary/aromatic N) is 2. The standard InChI is InChI=1S/C33H45N5O3S/c1-7-30(39)36-28(19-31-37-27-16-15-25(22(4)5)18-29(27)42-31)33(41)35-26(17-24-13-11-10-12-14-24)20-34-32(40)23(6)21-38(8-2)9-3/h10-16,18,22,26,28H,6-9,17,19-21H2,1-5H3,(H,34,40)(H,35,41)(H,36,39)/t26?,28-/m0/s1. The Kier molecular flexibility index (Phi) is 12.7. The van der Waals surface area contributed by atoms with E-state index in [2.05, 4.69) is 53.4 Å². The van der Waals surface area contributed by atoms with Crippen molar-refractivity contribution in [1.82, 2.24) is 25.8 Å². The van der Waals surface area contributed by atoms with Crippen molar-refractivity contribution in [1.29, 1.82) is 0 Å². The van der Waals surface area contributed by atoms with Crippen molar-refractivity contribution < 1.29 is 14.4 Å². The summed E-state index contributed by atoms with van der Waals surface area (Å²) >= 11 is 1.54. The Hall–Kier alpha value is -3.56. The molecular weight excluding hydrogens is 546 g/mol. The predicted molar refractivity (Wildman–Crippen MR) is 172 cm³/mol. The van der Waals surface area contributed by atoms with Crippen LogP contribution in [0.2, 0.25) is 0 Å². The van der Waals surface area contributed by atoms with E-state index in [-0.39, 0.29) is 37.1 Å². The van der Waals surface area contributed by atoms with Crippen LogP contribution in [0.5, 0.6) is 0 Å². The summed E-state index contributed by atoms with van der Waals surface area (Å²) in [6.45, 7) is 16.5. The molecule has 2 atom stereocenters. The maximum atomic E-state index is 13.7. The Labute approximate surface area is 254 Å². The number of aromatic nitrogens is 1. The number of hydrogen-bond acceptors (Lipinski definition) is 6. The number of carbonyl (C=O) groups is 3. The van der Waals surface area contributed by atoms with Crippen molar-refractivity contribution in [2.45, 2.75) is 71.9 Å². The van der Waals surface area contributed by atoms with E-state index < -0.39 is 12.1 Å². The zero-order chi connectivity index (χ0) is 30.6. The van der Waals surface area contributed by atoms with Crippen LogP contribution in [0.4, 0.5) is 0 Å². The molecule has 42 heavy (non-hydrogen) atoms. The third-order valence-corrected chi connectivity index (χ3v) is 8.33. The minimum Gasteiger partial charge on any atom is -0.350 e. The van der Waals surface area contributed by atoms with Gasteiger partial charge in [-0.25, -0.2) is 4.98 Å². The maximum absolute atomic E-state index is 13.7. The van der Waals surface area contributed by atoms with E-state index >= 15 is 0 Å².